The van der Waals surface area contributed by atoms with Gasteiger partial charge in [0.05, 0.1) is 0 Å². The van der Waals surface area contributed by atoms with E-state index in [2.05, 4.69) is 31.5 Å². The van der Waals surface area contributed by atoms with E-state index in [1.165, 1.54) is 0 Å². The smallest absolute Gasteiger partial charge is 0.255 e. The number of dihydropyridines is 1. The van der Waals surface area contributed by atoms with Crippen molar-refractivity contribution in [3.63, 3.8) is 0 Å². The summed E-state index contributed by atoms with van der Waals surface area (Å²) in [6, 6.07) is 13.3. The number of ketones is 1. The molecule has 1 aliphatic heterocycles. The number of anilines is 1. The highest BCUT2D eigenvalue weighted by molar-refractivity contribution is 9.10. The van der Waals surface area contributed by atoms with Crippen LogP contribution in [0, 0.1) is 6.92 Å². The summed E-state index contributed by atoms with van der Waals surface area (Å²) < 4.78 is 0.954. The van der Waals surface area contributed by atoms with Crippen molar-refractivity contribution in [2.24, 2.45) is 0 Å². The maximum absolute atomic E-state index is 13.3. The number of hydrogen-bond donors (Lipinski definition) is 2. The Balaban J connectivity index is 1.78. The fraction of sp³-hybridized carbons (Fsp3) is 0.261. The van der Waals surface area contributed by atoms with Crippen LogP contribution in [0.2, 0.25) is 0 Å². The normalized spacial score (nSPS) is 19.0. The molecule has 6 heteroatoms. The van der Waals surface area contributed by atoms with Gasteiger partial charge in [-0.15, -0.1) is 0 Å². The lowest BCUT2D eigenvalue weighted by atomic mass is 9.75. The fourth-order valence-corrected chi connectivity index (χ4v) is 4.33. The summed E-state index contributed by atoms with van der Waals surface area (Å²) in [4.78, 5) is 30.6. The van der Waals surface area contributed by atoms with E-state index in [1.54, 1.807) is 6.07 Å². The van der Waals surface area contributed by atoms with Gasteiger partial charge in [-0.1, -0.05) is 34.1 Å². The number of rotatable bonds is 3. The van der Waals surface area contributed by atoms with Crippen molar-refractivity contribution < 1.29 is 9.59 Å². The number of Topliss-reactive ketones (excluding diaryl/α,β-unsaturated/α-hetero) is 1. The first kappa shape index (κ1) is 19.6. The maximum Gasteiger partial charge on any atom is 0.255 e. The molecule has 1 aromatic carbocycles. The van der Waals surface area contributed by atoms with Crippen molar-refractivity contribution in [1.29, 1.82) is 0 Å². The van der Waals surface area contributed by atoms with Crippen LogP contribution >= 0.6 is 15.9 Å². The zero-order valence-electron chi connectivity index (χ0n) is 16.4. The monoisotopic (exact) mass is 451 g/mol. The first-order valence-electron chi connectivity index (χ1n) is 9.68. The van der Waals surface area contributed by atoms with Crippen molar-refractivity contribution in [2.45, 2.75) is 39.0 Å². The van der Waals surface area contributed by atoms with Crippen molar-refractivity contribution in [2.75, 3.05) is 5.32 Å². The van der Waals surface area contributed by atoms with E-state index in [1.807, 2.05) is 50.2 Å². The van der Waals surface area contributed by atoms with Crippen LogP contribution in [0.1, 0.15) is 43.4 Å². The number of carbonyl (C=O) groups excluding carboxylic acids is 2. The molecule has 4 rings (SSSR count). The van der Waals surface area contributed by atoms with E-state index >= 15 is 0 Å². The number of pyridine rings is 1. The Kier molecular flexibility index (Phi) is 5.37. The molecule has 29 heavy (non-hydrogen) atoms. The zero-order valence-corrected chi connectivity index (χ0v) is 18.0. The number of aryl methyl sites for hydroxylation is 1. The average molecular weight is 452 g/mol. The van der Waals surface area contributed by atoms with Gasteiger partial charge in [-0.2, -0.15) is 0 Å². The summed E-state index contributed by atoms with van der Waals surface area (Å²) in [6.45, 7) is 3.78. The molecule has 1 amide bonds. The van der Waals surface area contributed by atoms with Gasteiger partial charge in [0.1, 0.15) is 5.82 Å². The summed E-state index contributed by atoms with van der Waals surface area (Å²) in [5.74, 6) is -0.0272. The van der Waals surface area contributed by atoms with Crippen LogP contribution in [0.5, 0.6) is 0 Å². The fourth-order valence-electron chi connectivity index (χ4n) is 4.07. The Hall–Kier alpha value is -2.73. The molecule has 1 aliphatic carbocycles. The largest absolute Gasteiger partial charge is 0.362 e. The molecule has 0 radical (unpaired) electrons. The summed E-state index contributed by atoms with van der Waals surface area (Å²) in [6.07, 6.45) is 2.17. The van der Waals surface area contributed by atoms with Gasteiger partial charge >= 0.3 is 0 Å². The minimum Gasteiger partial charge on any atom is -0.362 e. The molecular weight excluding hydrogens is 430 g/mol. The third kappa shape index (κ3) is 3.90. The van der Waals surface area contributed by atoms with Gasteiger partial charge in [0, 0.05) is 45.0 Å². The quantitative estimate of drug-likeness (QED) is 0.705. The third-order valence-corrected chi connectivity index (χ3v) is 5.88. The predicted octanol–water partition coefficient (Wildman–Crippen LogP) is 4.76. The summed E-state index contributed by atoms with van der Waals surface area (Å²) in [5.41, 5.74) is 4.75. The number of hydrogen-bond acceptors (Lipinski definition) is 4. The maximum atomic E-state index is 13.3. The molecule has 0 saturated heterocycles. The highest BCUT2D eigenvalue weighted by atomic mass is 79.9. The summed E-state index contributed by atoms with van der Waals surface area (Å²) in [7, 11) is 0. The average Bonchev–Trinajstić information content (AvgIpc) is 2.67. The summed E-state index contributed by atoms with van der Waals surface area (Å²) >= 11 is 3.47. The molecule has 2 aromatic rings. The first-order chi connectivity index (χ1) is 13.9. The van der Waals surface area contributed by atoms with E-state index in [-0.39, 0.29) is 11.7 Å². The molecule has 0 saturated carbocycles. The van der Waals surface area contributed by atoms with Gasteiger partial charge in [0.15, 0.2) is 5.78 Å². The summed E-state index contributed by atoms with van der Waals surface area (Å²) in [5, 5.41) is 6.25. The number of nitrogens with one attached hydrogen (secondary N) is 2. The van der Waals surface area contributed by atoms with E-state index < -0.39 is 5.92 Å². The molecule has 0 fully saturated rings. The Labute approximate surface area is 178 Å². The van der Waals surface area contributed by atoms with Crippen molar-refractivity contribution in [3.8, 4) is 0 Å². The molecule has 0 unspecified atom stereocenters. The van der Waals surface area contributed by atoms with Gasteiger partial charge in [-0.3, -0.25) is 9.59 Å². The van der Waals surface area contributed by atoms with Crippen molar-refractivity contribution >= 4 is 33.4 Å². The number of halogens is 1. The number of allylic oxidation sites excluding steroid dienone is 3. The number of nitrogens with zero attached hydrogens (tertiary/aromatic N) is 1. The second-order valence-electron chi connectivity index (χ2n) is 7.44. The second kappa shape index (κ2) is 7.95. The van der Waals surface area contributed by atoms with Crippen molar-refractivity contribution in [1.82, 2.24) is 10.3 Å². The number of aromatic nitrogens is 1. The molecule has 2 N–H and O–H groups in total. The van der Waals surface area contributed by atoms with E-state index in [9.17, 15) is 9.59 Å². The topological polar surface area (TPSA) is 71.1 Å². The molecule has 148 valence electrons. The van der Waals surface area contributed by atoms with E-state index in [4.69, 9.17) is 0 Å². The van der Waals surface area contributed by atoms with Gasteiger partial charge in [-0.25, -0.2) is 4.98 Å². The van der Waals surface area contributed by atoms with Crippen LogP contribution in [0.3, 0.4) is 0 Å². The minimum absolute atomic E-state index is 0.109. The molecule has 1 atom stereocenters. The Morgan fingerprint density at radius 3 is 2.62 bits per heavy atom. The molecule has 5 nitrogen and oxygen atoms in total. The molecule has 2 aliphatic rings. The van der Waals surface area contributed by atoms with Gasteiger partial charge in [0.25, 0.3) is 5.91 Å². The molecular formula is C23H22BrN3O2. The molecule has 0 bridgehead atoms. The zero-order chi connectivity index (χ0) is 20.5. The van der Waals surface area contributed by atoms with E-state index in [0.29, 0.717) is 23.4 Å². The lowest BCUT2D eigenvalue weighted by Gasteiger charge is -2.34. The SMILES string of the molecule is CC1=C(C(=O)Nc2cccc(C)n2)[C@H](c2ccc(Br)cc2)C2=C(CCCC2=O)N1. The highest BCUT2D eigenvalue weighted by Gasteiger charge is 2.38. The highest BCUT2D eigenvalue weighted by Crippen LogP contribution is 2.42. The molecule has 2 heterocycles. The predicted molar refractivity (Wildman–Crippen MR) is 116 cm³/mol. The van der Waals surface area contributed by atoms with Crippen LogP contribution in [-0.4, -0.2) is 16.7 Å². The van der Waals surface area contributed by atoms with Crippen LogP contribution in [0.4, 0.5) is 5.82 Å². The standard InChI is InChI=1S/C23H22BrN3O2/c1-13-5-3-8-19(25-13)27-23(29)20-14(2)26-17-6-4-7-18(28)22(17)21(20)15-9-11-16(24)12-10-15/h3,5,8-12,21,26H,4,6-7H2,1-2H3,(H,25,27,29)/t21-/m0/s1. The lowest BCUT2D eigenvalue weighted by Crippen LogP contribution is -2.35. The van der Waals surface area contributed by atoms with Crippen molar-refractivity contribution in [3.05, 3.63) is 80.7 Å². The Morgan fingerprint density at radius 2 is 1.90 bits per heavy atom. The van der Waals surface area contributed by atoms with Crippen LogP contribution in [0.15, 0.2) is 69.5 Å². The molecule has 0 spiro atoms. The van der Waals surface area contributed by atoms with Gasteiger partial charge in [-0.05, 0) is 56.5 Å². The number of benzene rings is 1. The lowest BCUT2D eigenvalue weighted by molar-refractivity contribution is -0.116. The van der Waals surface area contributed by atoms with Crippen LogP contribution in [0.25, 0.3) is 0 Å². The molecule has 1 aromatic heterocycles. The van der Waals surface area contributed by atoms with Gasteiger partial charge < -0.3 is 10.6 Å². The van der Waals surface area contributed by atoms with Gasteiger partial charge in [0.2, 0.25) is 0 Å². The number of amides is 1. The Bertz CT molecular complexity index is 1050. The number of carbonyl (C=O) groups is 2. The van der Waals surface area contributed by atoms with Crippen LogP contribution < -0.4 is 10.6 Å². The third-order valence-electron chi connectivity index (χ3n) is 5.35. The minimum atomic E-state index is -0.392. The second-order valence-corrected chi connectivity index (χ2v) is 8.35. The first-order valence-corrected chi connectivity index (χ1v) is 10.5. The Morgan fingerprint density at radius 1 is 1.14 bits per heavy atom. The van der Waals surface area contributed by atoms with Crippen LogP contribution in [-0.2, 0) is 9.59 Å². The van der Waals surface area contributed by atoms with E-state index in [0.717, 1.165) is 40.0 Å².